The summed E-state index contributed by atoms with van der Waals surface area (Å²) in [4.78, 5) is 4.01. The zero-order chi connectivity index (χ0) is 16.3. The molecular weight excluding hydrogens is 293 g/mol. The number of nitrogens with two attached hydrogens (primary N) is 1. The lowest BCUT2D eigenvalue weighted by Gasteiger charge is -2.13. The highest BCUT2D eigenvalue weighted by Gasteiger charge is 2.30. The van der Waals surface area contributed by atoms with Crippen LogP contribution in [0.2, 0.25) is 0 Å². The van der Waals surface area contributed by atoms with E-state index in [0.717, 1.165) is 23.3 Å². The van der Waals surface area contributed by atoms with Gasteiger partial charge in [0.25, 0.3) is 0 Å². The van der Waals surface area contributed by atoms with Gasteiger partial charge in [-0.1, -0.05) is 6.07 Å². The van der Waals surface area contributed by atoms with Crippen LogP contribution in [0.4, 0.5) is 18.9 Å². The second-order valence-electron chi connectivity index (χ2n) is 4.81. The van der Waals surface area contributed by atoms with Gasteiger partial charge in [-0.3, -0.25) is 0 Å². The van der Waals surface area contributed by atoms with Gasteiger partial charge in [0.2, 0.25) is 0 Å². The molecule has 2 aromatic rings. The average Bonchev–Trinajstić information content (AvgIpc) is 2.44. The second-order valence-corrected chi connectivity index (χ2v) is 4.81. The molecule has 0 unspecified atom stereocenters. The molecule has 0 aromatic heterocycles. The number of aryl methyl sites for hydroxylation is 2. The van der Waals surface area contributed by atoms with Gasteiger partial charge in [0.05, 0.1) is 17.6 Å². The van der Waals surface area contributed by atoms with E-state index in [0.29, 0.717) is 11.4 Å². The molecule has 3 nitrogen and oxygen atoms in total. The van der Waals surface area contributed by atoms with Crippen molar-refractivity contribution < 1.29 is 17.9 Å². The summed E-state index contributed by atoms with van der Waals surface area (Å²) in [6.45, 7) is 3.61. The van der Waals surface area contributed by atoms with Crippen LogP contribution in [0.25, 0.3) is 0 Å². The number of hydrogen-bond donors (Lipinski definition) is 1. The summed E-state index contributed by atoms with van der Waals surface area (Å²) in [5.41, 5.74) is 6.78. The fourth-order valence-corrected chi connectivity index (χ4v) is 1.97. The third-order valence-corrected chi connectivity index (χ3v) is 3.10. The molecule has 0 aliphatic carbocycles. The summed E-state index contributed by atoms with van der Waals surface area (Å²) in [7, 11) is 0. The molecule has 0 aliphatic heterocycles. The molecule has 0 radical (unpaired) electrons. The van der Waals surface area contributed by atoms with E-state index in [4.69, 9.17) is 10.5 Å². The van der Waals surface area contributed by atoms with Gasteiger partial charge in [-0.2, -0.15) is 13.2 Å². The highest BCUT2D eigenvalue weighted by Crippen LogP contribution is 2.35. The molecule has 0 saturated heterocycles. The van der Waals surface area contributed by atoms with Crippen LogP contribution in [0.5, 0.6) is 11.5 Å². The summed E-state index contributed by atoms with van der Waals surface area (Å²) in [6.07, 6.45) is -3.21. The van der Waals surface area contributed by atoms with Crippen molar-refractivity contribution in [3.8, 4) is 11.5 Å². The molecule has 0 saturated carbocycles. The predicted molar refractivity (Wildman–Crippen MR) is 79.8 cm³/mol. The third kappa shape index (κ3) is 3.58. The molecule has 0 spiro atoms. The SMILES string of the molecule is Cc1cc(Oc2cccc(C(F)(F)F)c2)c(C)cc1N=CN. The average molecular weight is 308 g/mol. The first kappa shape index (κ1) is 15.9. The van der Waals surface area contributed by atoms with Crippen LogP contribution in [-0.4, -0.2) is 6.34 Å². The van der Waals surface area contributed by atoms with E-state index in [1.54, 1.807) is 19.1 Å². The Morgan fingerprint density at radius 3 is 2.45 bits per heavy atom. The van der Waals surface area contributed by atoms with E-state index in [9.17, 15) is 13.2 Å². The maximum Gasteiger partial charge on any atom is 0.416 e. The maximum atomic E-state index is 12.7. The summed E-state index contributed by atoms with van der Waals surface area (Å²) in [5, 5.41) is 0. The van der Waals surface area contributed by atoms with Crippen LogP contribution >= 0.6 is 0 Å². The first-order valence-corrected chi connectivity index (χ1v) is 6.52. The molecule has 0 aliphatic rings. The Morgan fingerprint density at radius 2 is 1.82 bits per heavy atom. The molecule has 0 fully saturated rings. The number of benzene rings is 2. The molecule has 6 heteroatoms. The molecule has 2 aromatic carbocycles. The minimum Gasteiger partial charge on any atom is -0.457 e. The number of halogens is 3. The molecule has 0 amide bonds. The lowest BCUT2D eigenvalue weighted by molar-refractivity contribution is -0.137. The van der Waals surface area contributed by atoms with Crippen molar-refractivity contribution >= 4 is 12.0 Å². The van der Waals surface area contributed by atoms with E-state index >= 15 is 0 Å². The van der Waals surface area contributed by atoms with Crippen molar-refractivity contribution in [2.75, 3.05) is 0 Å². The van der Waals surface area contributed by atoms with Crippen LogP contribution < -0.4 is 10.5 Å². The van der Waals surface area contributed by atoms with Crippen LogP contribution in [-0.2, 0) is 6.18 Å². The van der Waals surface area contributed by atoms with Gasteiger partial charge in [-0.05, 0) is 55.3 Å². The standard InChI is InChI=1S/C16H15F3N2O/c1-10-7-15(11(2)6-14(10)21-9-20)22-13-5-3-4-12(8-13)16(17,18)19/h3-9H,1-2H3,(H2,20,21). The van der Waals surface area contributed by atoms with Crippen LogP contribution in [0.15, 0.2) is 41.4 Å². The number of rotatable bonds is 3. The maximum absolute atomic E-state index is 12.7. The lowest BCUT2D eigenvalue weighted by Crippen LogP contribution is -2.04. The molecule has 0 atom stereocenters. The van der Waals surface area contributed by atoms with Crippen molar-refractivity contribution in [3.63, 3.8) is 0 Å². The lowest BCUT2D eigenvalue weighted by atomic mass is 10.1. The Kier molecular flexibility index (Phi) is 4.40. The Bertz CT molecular complexity index is 709. The van der Waals surface area contributed by atoms with Crippen molar-refractivity contribution in [1.82, 2.24) is 0 Å². The zero-order valence-corrected chi connectivity index (χ0v) is 12.1. The normalized spacial score (nSPS) is 11.9. The number of alkyl halides is 3. The molecule has 0 heterocycles. The number of nitrogens with zero attached hydrogens (tertiary/aromatic N) is 1. The summed E-state index contributed by atoms with van der Waals surface area (Å²) < 4.78 is 43.7. The molecular formula is C16H15F3N2O. The van der Waals surface area contributed by atoms with Crippen molar-refractivity contribution in [3.05, 3.63) is 53.1 Å². The van der Waals surface area contributed by atoms with Crippen LogP contribution in [0, 0.1) is 13.8 Å². The van der Waals surface area contributed by atoms with E-state index in [2.05, 4.69) is 4.99 Å². The van der Waals surface area contributed by atoms with Crippen molar-refractivity contribution in [2.45, 2.75) is 20.0 Å². The van der Waals surface area contributed by atoms with Gasteiger partial charge < -0.3 is 10.5 Å². The van der Waals surface area contributed by atoms with Gasteiger partial charge in [0.1, 0.15) is 11.5 Å². The Balaban J connectivity index is 2.34. The zero-order valence-electron chi connectivity index (χ0n) is 12.1. The fourth-order valence-electron chi connectivity index (χ4n) is 1.97. The number of ether oxygens (including phenoxy) is 1. The second kappa shape index (κ2) is 6.09. The first-order valence-electron chi connectivity index (χ1n) is 6.52. The van der Waals surface area contributed by atoms with E-state index in [-0.39, 0.29) is 5.75 Å². The van der Waals surface area contributed by atoms with Gasteiger partial charge in [-0.15, -0.1) is 0 Å². The smallest absolute Gasteiger partial charge is 0.416 e. The molecule has 2 rings (SSSR count). The number of hydrogen-bond acceptors (Lipinski definition) is 2. The topological polar surface area (TPSA) is 47.6 Å². The summed E-state index contributed by atoms with van der Waals surface area (Å²) >= 11 is 0. The predicted octanol–water partition coefficient (Wildman–Crippen LogP) is 4.73. The van der Waals surface area contributed by atoms with E-state index < -0.39 is 11.7 Å². The highest BCUT2D eigenvalue weighted by atomic mass is 19.4. The Labute approximate surface area is 126 Å². The van der Waals surface area contributed by atoms with Gasteiger partial charge in [-0.25, -0.2) is 4.99 Å². The van der Waals surface area contributed by atoms with Crippen LogP contribution in [0.1, 0.15) is 16.7 Å². The summed E-state index contributed by atoms with van der Waals surface area (Å²) in [6, 6.07) is 8.26. The number of aliphatic imine (C=N–C) groups is 1. The monoisotopic (exact) mass is 308 g/mol. The quantitative estimate of drug-likeness (QED) is 0.658. The largest absolute Gasteiger partial charge is 0.457 e. The Morgan fingerprint density at radius 1 is 1.09 bits per heavy atom. The molecule has 0 bridgehead atoms. The minimum absolute atomic E-state index is 0.132. The van der Waals surface area contributed by atoms with E-state index in [1.165, 1.54) is 18.5 Å². The van der Waals surface area contributed by atoms with Gasteiger partial charge >= 0.3 is 6.18 Å². The minimum atomic E-state index is -4.40. The summed E-state index contributed by atoms with van der Waals surface area (Å²) in [5.74, 6) is 0.611. The molecule has 2 N–H and O–H groups in total. The van der Waals surface area contributed by atoms with Gasteiger partial charge in [0, 0.05) is 0 Å². The van der Waals surface area contributed by atoms with E-state index in [1.807, 2.05) is 6.92 Å². The fraction of sp³-hybridized carbons (Fsp3) is 0.188. The first-order chi connectivity index (χ1) is 10.3. The van der Waals surface area contributed by atoms with Crippen molar-refractivity contribution in [2.24, 2.45) is 10.7 Å². The van der Waals surface area contributed by atoms with Crippen LogP contribution in [0.3, 0.4) is 0 Å². The molecule has 116 valence electrons. The molecule has 22 heavy (non-hydrogen) atoms. The van der Waals surface area contributed by atoms with Gasteiger partial charge in [0.15, 0.2) is 0 Å². The highest BCUT2D eigenvalue weighted by molar-refractivity contribution is 5.63. The van der Waals surface area contributed by atoms with Crippen molar-refractivity contribution in [1.29, 1.82) is 0 Å². The Hall–Kier alpha value is -2.50. The third-order valence-electron chi connectivity index (χ3n) is 3.10.